The summed E-state index contributed by atoms with van der Waals surface area (Å²) in [5.74, 6) is 0.0477. The van der Waals surface area contributed by atoms with Crippen LogP contribution in [0, 0.1) is 0 Å². The minimum atomic E-state index is 0.0477. The van der Waals surface area contributed by atoms with E-state index < -0.39 is 0 Å². The summed E-state index contributed by atoms with van der Waals surface area (Å²) in [4.78, 5) is 15.4. The molecule has 0 fully saturated rings. The number of hydrogen-bond acceptors (Lipinski definition) is 3. The molecule has 0 aromatic heterocycles. The smallest absolute Gasteiger partial charge is 0.251 e. The highest BCUT2D eigenvalue weighted by atomic mass is 16.2. The van der Waals surface area contributed by atoms with Gasteiger partial charge in [-0.3, -0.25) is 4.79 Å². The van der Waals surface area contributed by atoms with E-state index in [1.54, 1.807) is 17.1 Å². The fourth-order valence-electron chi connectivity index (χ4n) is 1.83. The Hall–Kier alpha value is -1.13. The number of hydrogen-bond donors (Lipinski definition) is 1. The van der Waals surface area contributed by atoms with E-state index in [2.05, 4.69) is 18.5 Å². The minimum Gasteiger partial charge on any atom is -0.330 e. The third-order valence-electron chi connectivity index (χ3n) is 2.98. The normalized spacial score (nSPS) is 15.4. The van der Waals surface area contributed by atoms with Crippen LogP contribution < -0.4 is 5.73 Å². The average molecular weight is 237 g/mol. The van der Waals surface area contributed by atoms with Crippen molar-refractivity contribution in [1.29, 1.82) is 0 Å². The molecule has 4 heteroatoms. The van der Waals surface area contributed by atoms with Crippen LogP contribution in [0.1, 0.15) is 19.3 Å². The van der Waals surface area contributed by atoms with Crippen LogP contribution in [0.3, 0.4) is 0 Å². The molecular weight excluding hydrogens is 214 g/mol. The molecule has 0 unspecified atom stereocenters. The van der Waals surface area contributed by atoms with Crippen LogP contribution in [0.4, 0.5) is 0 Å². The zero-order chi connectivity index (χ0) is 12.7. The second kappa shape index (κ2) is 7.25. The summed E-state index contributed by atoms with van der Waals surface area (Å²) < 4.78 is 0. The van der Waals surface area contributed by atoms with Crippen LogP contribution in [0.5, 0.6) is 0 Å². The maximum Gasteiger partial charge on any atom is 0.251 e. The van der Waals surface area contributed by atoms with Gasteiger partial charge in [0.15, 0.2) is 0 Å². The quantitative estimate of drug-likeness (QED) is 0.640. The van der Waals surface area contributed by atoms with Crippen LogP contribution >= 0.6 is 0 Å². The molecule has 1 aliphatic heterocycles. The zero-order valence-electron chi connectivity index (χ0n) is 10.7. The van der Waals surface area contributed by atoms with Crippen LogP contribution in [0.25, 0.3) is 0 Å². The molecule has 0 bridgehead atoms. The average Bonchev–Trinajstić information content (AvgIpc) is 2.62. The molecule has 0 saturated carbocycles. The molecule has 1 heterocycles. The van der Waals surface area contributed by atoms with Crippen LogP contribution in [0.2, 0.25) is 0 Å². The van der Waals surface area contributed by atoms with E-state index in [4.69, 9.17) is 5.73 Å². The molecule has 0 spiro atoms. The number of nitrogens with two attached hydrogens (primary N) is 1. The lowest BCUT2D eigenvalue weighted by atomic mass is 10.2. The van der Waals surface area contributed by atoms with E-state index in [1.807, 2.05) is 0 Å². The summed E-state index contributed by atoms with van der Waals surface area (Å²) in [7, 11) is 2.08. The summed E-state index contributed by atoms with van der Waals surface area (Å²) in [5.41, 5.74) is 6.24. The van der Waals surface area contributed by atoms with Gasteiger partial charge in [0.05, 0.1) is 0 Å². The van der Waals surface area contributed by atoms with Gasteiger partial charge in [0.1, 0.15) is 0 Å². The van der Waals surface area contributed by atoms with E-state index in [9.17, 15) is 4.79 Å². The summed E-state index contributed by atoms with van der Waals surface area (Å²) >= 11 is 0. The van der Waals surface area contributed by atoms with Crippen molar-refractivity contribution in [2.75, 3.05) is 33.2 Å². The van der Waals surface area contributed by atoms with Crippen molar-refractivity contribution in [3.8, 4) is 0 Å². The number of rotatable bonds is 8. The van der Waals surface area contributed by atoms with Gasteiger partial charge in [0, 0.05) is 24.9 Å². The van der Waals surface area contributed by atoms with Gasteiger partial charge >= 0.3 is 0 Å². The summed E-state index contributed by atoms with van der Waals surface area (Å²) in [6.45, 7) is 7.27. The second-order valence-corrected chi connectivity index (χ2v) is 4.47. The highest BCUT2D eigenvalue weighted by Gasteiger charge is 2.18. The van der Waals surface area contributed by atoms with Gasteiger partial charge in [-0.1, -0.05) is 13.0 Å². The molecule has 1 amide bonds. The third-order valence-corrected chi connectivity index (χ3v) is 2.98. The van der Waals surface area contributed by atoms with Gasteiger partial charge in [-0.15, -0.1) is 0 Å². The number of allylic oxidation sites excluding steroid dienone is 1. The highest BCUT2D eigenvalue weighted by Crippen LogP contribution is 2.12. The molecule has 96 valence electrons. The SMILES string of the molecule is C=C1C=CC(=O)N1CCN(C)CCCCCN. The lowest BCUT2D eigenvalue weighted by Crippen LogP contribution is -2.33. The van der Waals surface area contributed by atoms with Crippen LogP contribution in [0.15, 0.2) is 24.4 Å². The molecule has 2 N–H and O–H groups in total. The molecule has 17 heavy (non-hydrogen) atoms. The van der Waals surface area contributed by atoms with Crippen molar-refractivity contribution in [3.63, 3.8) is 0 Å². The summed E-state index contributed by atoms with van der Waals surface area (Å²) in [6, 6.07) is 0. The topological polar surface area (TPSA) is 49.6 Å². The molecule has 1 aliphatic rings. The van der Waals surface area contributed by atoms with Gasteiger partial charge in [0.25, 0.3) is 5.91 Å². The van der Waals surface area contributed by atoms with Crippen molar-refractivity contribution < 1.29 is 4.79 Å². The molecule has 0 aliphatic carbocycles. The van der Waals surface area contributed by atoms with E-state index in [0.29, 0.717) is 0 Å². The fraction of sp³-hybridized carbons (Fsp3) is 0.615. The fourth-order valence-corrected chi connectivity index (χ4v) is 1.83. The standard InChI is InChI=1S/C13H23N3O/c1-12-6-7-13(17)16(12)11-10-15(2)9-5-3-4-8-14/h6-7H,1,3-5,8-11,14H2,2H3. The molecule has 1 rings (SSSR count). The Labute approximate surface area is 104 Å². The van der Waals surface area contributed by atoms with Crippen LogP contribution in [-0.4, -0.2) is 48.9 Å². The molecule has 0 aromatic rings. The van der Waals surface area contributed by atoms with Gasteiger partial charge < -0.3 is 15.5 Å². The minimum absolute atomic E-state index is 0.0477. The number of unbranched alkanes of at least 4 members (excludes halogenated alkanes) is 2. The summed E-state index contributed by atoms with van der Waals surface area (Å²) in [6.07, 6.45) is 6.78. The predicted octanol–water partition coefficient (Wildman–Crippen LogP) is 0.959. The number of likely N-dealkylation sites (N-methyl/N-ethyl adjacent to an activating group) is 1. The van der Waals surface area contributed by atoms with Gasteiger partial charge in [-0.2, -0.15) is 0 Å². The monoisotopic (exact) mass is 237 g/mol. The maximum atomic E-state index is 11.4. The van der Waals surface area contributed by atoms with E-state index in [0.717, 1.165) is 38.3 Å². The molecular formula is C13H23N3O. The third kappa shape index (κ3) is 4.71. The second-order valence-electron chi connectivity index (χ2n) is 4.47. The molecule has 0 atom stereocenters. The zero-order valence-corrected chi connectivity index (χ0v) is 10.7. The lowest BCUT2D eigenvalue weighted by Gasteiger charge is -2.22. The Balaban J connectivity index is 2.13. The molecule has 0 radical (unpaired) electrons. The van der Waals surface area contributed by atoms with Gasteiger partial charge in [0.2, 0.25) is 0 Å². The largest absolute Gasteiger partial charge is 0.330 e. The predicted molar refractivity (Wildman–Crippen MR) is 70.4 cm³/mol. The van der Waals surface area contributed by atoms with Gasteiger partial charge in [-0.25, -0.2) is 0 Å². The molecule has 0 saturated heterocycles. The van der Waals surface area contributed by atoms with E-state index >= 15 is 0 Å². The van der Waals surface area contributed by atoms with Crippen molar-refractivity contribution in [1.82, 2.24) is 9.80 Å². The number of carbonyl (C=O) groups excluding carboxylic acids is 1. The summed E-state index contributed by atoms with van der Waals surface area (Å²) in [5, 5.41) is 0. The molecule has 4 nitrogen and oxygen atoms in total. The Morgan fingerprint density at radius 1 is 1.29 bits per heavy atom. The van der Waals surface area contributed by atoms with Crippen molar-refractivity contribution >= 4 is 5.91 Å². The van der Waals surface area contributed by atoms with Crippen molar-refractivity contribution in [3.05, 3.63) is 24.4 Å². The lowest BCUT2D eigenvalue weighted by molar-refractivity contribution is -0.123. The van der Waals surface area contributed by atoms with Crippen molar-refractivity contribution in [2.45, 2.75) is 19.3 Å². The first-order valence-electron chi connectivity index (χ1n) is 6.22. The van der Waals surface area contributed by atoms with Crippen molar-refractivity contribution in [2.24, 2.45) is 5.73 Å². The number of nitrogens with zero attached hydrogens (tertiary/aromatic N) is 2. The first-order valence-corrected chi connectivity index (χ1v) is 6.22. The first kappa shape index (κ1) is 13.9. The Morgan fingerprint density at radius 3 is 2.65 bits per heavy atom. The Kier molecular flexibility index (Phi) is 5.94. The Bertz CT molecular complexity index is 281. The van der Waals surface area contributed by atoms with E-state index in [1.165, 1.54) is 12.8 Å². The molecule has 0 aromatic carbocycles. The Morgan fingerprint density at radius 2 is 2.06 bits per heavy atom. The highest BCUT2D eigenvalue weighted by molar-refractivity contribution is 5.92. The van der Waals surface area contributed by atoms with E-state index in [-0.39, 0.29) is 5.91 Å². The van der Waals surface area contributed by atoms with Crippen LogP contribution in [-0.2, 0) is 4.79 Å². The maximum absolute atomic E-state index is 11.4. The number of carbonyl (C=O) groups is 1. The first-order chi connectivity index (χ1) is 8.15. The van der Waals surface area contributed by atoms with Gasteiger partial charge in [-0.05, 0) is 39.1 Å². The number of amides is 1.